The molecule has 0 aliphatic heterocycles. The van der Waals surface area contributed by atoms with E-state index in [9.17, 15) is 18.0 Å². The largest absolute Gasteiger partial charge is 0.495 e. The van der Waals surface area contributed by atoms with E-state index in [1.807, 2.05) is 52.0 Å². The lowest BCUT2D eigenvalue weighted by atomic mass is 10.1. The molecule has 0 saturated heterocycles. The van der Waals surface area contributed by atoms with Crippen LogP contribution in [0.3, 0.4) is 0 Å². The van der Waals surface area contributed by atoms with Crippen LogP contribution in [0.1, 0.15) is 51.7 Å². The molecule has 204 valence electrons. The molecule has 2 aromatic rings. The highest BCUT2D eigenvalue weighted by molar-refractivity contribution is 7.92. The summed E-state index contributed by atoms with van der Waals surface area (Å²) < 4.78 is 31.4. The zero-order chi connectivity index (χ0) is 28.0. The van der Waals surface area contributed by atoms with E-state index in [1.165, 1.54) is 17.5 Å². The number of benzene rings is 2. The van der Waals surface area contributed by atoms with E-state index in [0.29, 0.717) is 11.4 Å². The second-order valence-electron chi connectivity index (χ2n) is 10.1. The van der Waals surface area contributed by atoms with E-state index >= 15 is 0 Å². The molecule has 2 rings (SSSR count). The number of halogens is 1. The molecule has 1 N–H and O–H groups in total. The van der Waals surface area contributed by atoms with E-state index in [4.69, 9.17) is 16.3 Å². The third-order valence-corrected chi connectivity index (χ3v) is 7.33. The Balaban J connectivity index is 2.22. The number of methoxy groups -OCH3 is 1. The van der Waals surface area contributed by atoms with Crippen LogP contribution in [0.2, 0.25) is 5.02 Å². The van der Waals surface area contributed by atoms with Crippen LogP contribution in [0.15, 0.2) is 42.5 Å². The Kier molecular flexibility index (Phi) is 10.4. The van der Waals surface area contributed by atoms with Crippen molar-refractivity contribution in [3.63, 3.8) is 0 Å². The SMILES string of the molecule is COc1ccc(N(CCCC(=O)N(Cc2ccccc2C)C(C)C(=O)NC(C)(C)C)S(C)(=O)=O)cc1Cl. The lowest BCUT2D eigenvalue weighted by molar-refractivity contribution is -0.141. The molecule has 37 heavy (non-hydrogen) atoms. The lowest BCUT2D eigenvalue weighted by Gasteiger charge is -2.32. The van der Waals surface area contributed by atoms with Crippen LogP contribution in [-0.2, 0) is 26.2 Å². The minimum atomic E-state index is -3.63. The maximum absolute atomic E-state index is 13.4. The zero-order valence-corrected chi connectivity index (χ0v) is 24.2. The fourth-order valence-electron chi connectivity index (χ4n) is 3.84. The number of carbonyl (C=O) groups is 2. The van der Waals surface area contributed by atoms with Crippen LogP contribution >= 0.6 is 11.6 Å². The van der Waals surface area contributed by atoms with Gasteiger partial charge in [0, 0.05) is 25.0 Å². The molecular formula is C27H38ClN3O5S. The number of rotatable bonds is 11. The van der Waals surface area contributed by atoms with Gasteiger partial charge in [-0.05, 0) is 70.4 Å². The third-order valence-electron chi connectivity index (χ3n) is 5.84. The molecule has 0 heterocycles. The Morgan fingerprint density at radius 3 is 2.32 bits per heavy atom. The van der Waals surface area contributed by atoms with Crippen molar-refractivity contribution in [2.75, 3.05) is 24.2 Å². The summed E-state index contributed by atoms with van der Waals surface area (Å²) in [6, 6.07) is 11.7. The second kappa shape index (κ2) is 12.6. The van der Waals surface area contributed by atoms with Crippen LogP contribution in [-0.4, -0.2) is 56.6 Å². The Morgan fingerprint density at radius 2 is 1.78 bits per heavy atom. The summed E-state index contributed by atoms with van der Waals surface area (Å²) in [5.74, 6) is -0.0514. The molecule has 0 aliphatic carbocycles. The Morgan fingerprint density at radius 1 is 1.14 bits per heavy atom. The molecule has 1 atom stereocenters. The number of sulfonamides is 1. The van der Waals surface area contributed by atoms with Crippen molar-refractivity contribution < 1.29 is 22.7 Å². The Hall–Kier alpha value is -2.78. The van der Waals surface area contributed by atoms with Crippen molar-refractivity contribution in [3.05, 3.63) is 58.6 Å². The maximum Gasteiger partial charge on any atom is 0.242 e. The highest BCUT2D eigenvalue weighted by Gasteiger charge is 2.29. The van der Waals surface area contributed by atoms with Crippen LogP contribution in [0.4, 0.5) is 5.69 Å². The van der Waals surface area contributed by atoms with Gasteiger partial charge >= 0.3 is 0 Å². The van der Waals surface area contributed by atoms with E-state index in [2.05, 4.69) is 5.32 Å². The smallest absolute Gasteiger partial charge is 0.242 e. The van der Waals surface area contributed by atoms with Gasteiger partial charge < -0.3 is 15.0 Å². The fourth-order valence-corrected chi connectivity index (χ4v) is 5.05. The van der Waals surface area contributed by atoms with Gasteiger partial charge in [-0.25, -0.2) is 8.42 Å². The van der Waals surface area contributed by atoms with Crippen molar-refractivity contribution in [2.45, 2.75) is 65.6 Å². The van der Waals surface area contributed by atoms with Gasteiger partial charge in [-0.2, -0.15) is 0 Å². The fraction of sp³-hybridized carbons (Fsp3) is 0.481. The molecule has 0 saturated carbocycles. The normalized spacial score (nSPS) is 12.5. The van der Waals surface area contributed by atoms with Crippen molar-refractivity contribution in [1.82, 2.24) is 10.2 Å². The first-order chi connectivity index (χ1) is 17.1. The Bertz CT molecular complexity index is 1210. The average molecular weight is 552 g/mol. The topological polar surface area (TPSA) is 96.0 Å². The monoisotopic (exact) mass is 551 g/mol. The average Bonchev–Trinajstić information content (AvgIpc) is 2.78. The number of nitrogens with zero attached hydrogens (tertiary/aromatic N) is 2. The van der Waals surface area contributed by atoms with Gasteiger partial charge in [0.05, 0.1) is 24.1 Å². The predicted molar refractivity (Wildman–Crippen MR) is 149 cm³/mol. The molecule has 10 heteroatoms. The second-order valence-corrected chi connectivity index (χ2v) is 12.4. The van der Waals surface area contributed by atoms with E-state index in [-0.39, 0.29) is 42.8 Å². The number of amides is 2. The molecule has 2 amide bonds. The molecule has 0 aliphatic rings. The first-order valence-corrected chi connectivity index (χ1v) is 14.3. The van der Waals surface area contributed by atoms with Gasteiger partial charge in [0.25, 0.3) is 0 Å². The minimum Gasteiger partial charge on any atom is -0.495 e. The molecule has 0 bridgehead atoms. The van der Waals surface area contributed by atoms with Crippen LogP contribution in [0.25, 0.3) is 0 Å². The molecule has 0 radical (unpaired) electrons. The summed E-state index contributed by atoms with van der Waals surface area (Å²) in [5.41, 5.74) is 1.90. The van der Waals surface area contributed by atoms with Crippen LogP contribution < -0.4 is 14.4 Å². The summed E-state index contributed by atoms with van der Waals surface area (Å²) in [6.07, 6.45) is 1.43. The van der Waals surface area contributed by atoms with E-state index < -0.39 is 21.6 Å². The maximum atomic E-state index is 13.4. The van der Waals surface area contributed by atoms with Gasteiger partial charge in [0.2, 0.25) is 21.8 Å². The standard InChI is InChI=1S/C27H38ClN3O5S/c1-19-11-8-9-12-21(19)18-30(20(2)26(33)29-27(3,4)5)25(32)13-10-16-31(37(7,34)35)22-14-15-24(36-6)23(28)17-22/h8-9,11-12,14-15,17,20H,10,13,16,18H2,1-7H3,(H,29,33). The highest BCUT2D eigenvalue weighted by atomic mass is 35.5. The van der Waals surface area contributed by atoms with Gasteiger partial charge in [0.1, 0.15) is 11.8 Å². The van der Waals surface area contributed by atoms with Crippen molar-refractivity contribution in [3.8, 4) is 5.75 Å². The summed E-state index contributed by atoms with van der Waals surface area (Å²) in [6.45, 7) is 9.67. The van der Waals surface area contributed by atoms with Gasteiger partial charge in [0.15, 0.2) is 0 Å². The number of hydrogen-bond donors (Lipinski definition) is 1. The van der Waals surface area contributed by atoms with Gasteiger partial charge in [-0.3, -0.25) is 13.9 Å². The Labute approximate surface area is 226 Å². The van der Waals surface area contributed by atoms with Crippen LogP contribution in [0, 0.1) is 6.92 Å². The summed E-state index contributed by atoms with van der Waals surface area (Å²) in [5, 5.41) is 3.23. The number of anilines is 1. The number of hydrogen-bond acceptors (Lipinski definition) is 5. The third kappa shape index (κ3) is 8.93. The highest BCUT2D eigenvalue weighted by Crippen LogP contribution is 2.30. The molecule has 8 nitrogen and oxygen atoms in total. The molecular weight excluding hydrogens is 514 g/mol. The minimum absolute atomic E-state index is 0.0644. The molecule has 0 aromatic heterocycles. The van der Waals surface area contributed by atoms with Crippen molar-refractivity contribution >= 4 is 39.1 Å². The number of nitrogens with one attached hydrogen (secondary N) is 1. The first kappa shape index (κ1) is 30.4. The molecule has 2 aromatic carbocycles. The predicted octanol–water partition coefficient (Wildman–Crippen LogP) is 4.54. The van der Waals surface area contributed by atoms with E-state index in [1.54, 1.807) is 24.0 Å². The number of ether oxygens (including phenoxy) is 1. The van der Waals surface area contributed by atoms with Crippen molar-refractivity contribution in [2.24, 2.45) is 0 Å². The summed E-state index contributed by atoms with van der Waals surface area (Å²) in [4.78, 5) is 27.9. The lowest BCUT2D eigenvalue weighted by Crippen LogP contribution is -2.52. The van der Waals surface area contributed by atoms with E-state index in [0.717, 1.165) is 17.4 Å². The summed E-state index contributed by atoms with van der Waals surface area (Å²) in [7, 11) is -2.15. The molecule has 0 spiro atoms. The summed E-state index contributed by atoms with van der Waals surface area (Å²) >= 11 is 6.20. The molecule has 0 fully saturated rings. The van der Waals surface area contributed by atoms with Gasteiger partial charge in [-0.15, -0.1) is 0 Å². The molecule has 1 unspecified atom stereocenters. The first-order valence-electron chi connectivity index (χ1n) is 12.1. The van der Waals surface area contributed by atoms with Crippen LogP contribution in [0.5, 0.6) is 5.75 Å². The number of aryl methyl sites for hydroxylation is 1. The zero-order valence-electron chi connectivity index (χ0n) is 22.7. The quantitative estimate of drug-likeness (QED) is 0.442. The van der Waals surface area contributed by atoms with Crippen molar-refractivity contribution in [1.29, 1.82) is 0 Å². The number of carbonyl (C=O) groups excluding carboxylic acids is 2. The van der Waals surface area contributed by atoms with Gasteiger partial charge in [-0.1, -0.05) is 35.9 Å².